The zero-order valence-corrected chi connectivity index (χ0v) is 13.0. The van der Waals surface area contributed by atoms with E-state index in [9.17, 15) is 0 Å². The predicted molar refractivity (Wildman–Crippen MR) is 94.3 cm³/mol. The van der Waals surface area contributed by atoms with Crippen LogP contribution < -0.4 is 15.2 Å². The first kappa shape index (κ1) is 13.8. The van der Waals surface area contributed by atoms with E-state index in [4.69, 9.17) is 20.6 Å². The van der Waals surface area contributed by atoms with Gasteiger partial charge in [0.25, 0.3) is 0 Å². The van der Waals surface area contributed by atoms with Gasteiger partial charge in [-0.2, -0.15) is 0 Å². The summed E-state index contributed by atoms with van der Waals surface area (Å²) in [6.07, 6.45) is 4.11. The highest BCUT2D eigenvalue weighted by Crippen LogP contribution is 2.33. The topological polar surface area (TPSA) is 68.3 Å². The predicted octanol–water partition coefficient (Wildman–Crippen LogP) is 4.08. The standard InChI is InChI=1S/C18H14N2O2S/c19-18(20)17-9-13-12(2-1-3-16(13)23-17)6-4-11-5-7-14-15(8-11)22-10-21-14/h1-9H,10H2,(H3,19,20)/b6-4-. The van der Waals surface area contributed by atoms with E-state index in [1.807, 2.05) is 42.5 Å². The molecule has 2 heterocycles. The molecule has 0 saturated heterocycles. The second kappa shape index (κ2) is 5.44. The van der Waals surface area contributed by atoms with Crippen LogP contribution in [0.5, 0.6) is 11.5 Å². The maximum Gasteiger partial charge on any atom is 0.231 e. The van der Waals surface area contributed by atoms with E-state index in [-0.39, 0.29) is 12.6 Å². The van der Waals surface area contributed by atoms with Gasteiger partial charge >= 0.3 is 0 Å². The van der Waals surface area contributed by atoms with Crippen LogP contribution in [0.4, 0.5) is 0 Å². The molecule has 0 bridgehead atoms. The summed E-state index contributed by atoms with van der Waals surface area (Å²) in [4.78, 5) is 0.795. The number of nitrogens with one attached hydrogen (secondary N) is 1. The van der Waals surface area contributed by atoms with Gasteiger partial charge in [-0.05, 0) is 35.4 Å². The highest BCUT2D eigenvalue weighted by atomic mass is 32.1. The zero-order chi connectivity index (χ0) is 15.8. The lowest BCUT2D eigenvalue weighted by atomic mass is 10.1. The molecular weight excluding hydrogens is 308 g/mol. The summed E-state index contributed by atoms with van der Waals surface area (Å²) < 4.78 is 11.8. The first-order chi connectivity index (χ1) is 11.2. The molecule has 4 rings (SSSR count). The summed E-state index contributed by atoms with van der Waals surface area (Å²) in [5.74, 6) is 1.67. The van der Waals surface area contributed by atoms with Gasteiger partial charge in [0.1, 0.15) is 5.84 Å². The SMILES string of the molecule is N=C(N)c1cc2c(/C=C\c3ccc4c(c3)OCO4)cccc2s1. The second-order valence-electron chi connectivity index (χ2n) is 5.23. The Morgan fingerprint density at radius 3 is 2.83 bits per heavy atom. The summed E-state index contributed by atoms with van der Waals surface area (Å²) in [7, 11) is 0. The van der Waals surface area contributed by atoms with Crippen molar-refractivity contribution in [3.63, 3.8) is 0 Å². The molecule has 3 N–H and O–H groups in total. The number of fused-ring (bicyclic) bond motifs is 2. The fraction of sp³-hybridized carbons (Fsp3) is 0.0556. The Morgan fingerprint density at radius 1 is 1.09 bits per heavy atom. The van der Waals surface area contributed by atoms with Crippen molar-refractivity contribution < 1.29 is 9.47 Å². The van der Waals surface area contributed by atoms with Gasteiger partial charge in [-0.25, -0.2) is 0 Å². The van der Waals surface area contributed by atoms with E-state index in [2.05, 4.69) is 12.1 Å². The minimum absolute atomic E-state index is 0.108. The molecule has 2 aromatic carbocycles. The van der Waals surface area contributed by atoms with Crippen LogP contribution in [-0.2, 0) is 0 Å². The second-order valence-corrected chi connectivity index (χ2v) is 6.31. The molecule has 0 saturated carbocycles. The van der Waals surface area contributed by atoms with Crippen molar-refractivity contribution in [1.29, 1.82) is 5.41 Å². The quantitative estimate of drug-likeness (QED) is 0.433. The summed E-state index contributed by atoms with van der Waals surface area (Å²) >= 11 is 1.54. The van der Waals surface area contributed by atoms with Crippen LogP contribution in [0.2, 0.25) is 0 Å². The monoisotopic (exact) mass is 322 g/mol. The third kappa shape index (κ3) is 2.55. The first-order valence-corrected chi connectivity index (χ1v) is 7.97. The normalized spacial score (nSPS) is 13.0. The number of thiophene rings is 1. The minimum atomic E-state index is 0.108. The van der Waals surface area contributed by atoms with E-state index >= 15 is 0 Å². The van der Waals surface area contributed by atoms with Crippen LogP contribution in [-0.4, -0.2) is 12.6 Å². The highest BCUT2D eigenvalue weighted by Gasteiger charge is 2.12. The number of nitrogens with two attached hydrogens (primary N) is 1. The van der Waals surface area contributed by atoms with Crippen LogP contribution in [0.3, 0.4) is 0 Å². The molecule has 23 heavy (non-hydrogen) atoms. The van der Waals surface area contributed by atoms with Crippen molar-refractivity contribution in [1.82, 2.24) is 0 Å². The number of rotatable bonds is 3. The van der Waals surface area contributed by atoms with E-state index < -0.39 is 0 Å². The van der Waals surface area contributed by atoms with Gasteiger partial charge in [0.15, 0.2) is 11.5 Å². The third-order valence-corrected chi connectivity index (χ3v) is 4.85. The van der Waals surface area contributed by atoms with Gasteiger partial charge < -0.3 is 15.2 Å². The molecule has 3 aromatic rings. The molecule has 0 radical (unpaired) electrons. The van der Waals surface area contributed by atoms with Crippen LogP contribution in [0, 0.1) is 5.41 Å². The largest absolute Gasteiger partial charge is 0.454 e. The number of nitrogen functional groups attached to an aromatic ring is 1. The molecule has 1 aromatic heterocycles. The number of amidine groups is 1. The molecular formula is C18H14N2O2S. The molecule has 0 spiro atoms. The van der Waals surface area contributed by atoms with Crippen molar-refractivity contribution in [2.75, 3.05) is 6.79 Å². The Labute approximate surface area is 137 Å². The Hall–Kier alpha value is -2.79. The van der Waals surface area contributed by atoms with Gasteiger partial charge in [0, 0.05) is 10.1 Å². The molecule has 1 aliphatic rings. The van der Waals surface area contributed by atoms with E-state index in [0.717, 1.165) is 37.6 Å². The summed E-state index contributed by atoms with van der Waals surface area (Å²) in [6, 6.07) is 14.0. The van der Waals surface area contributed by atoms with Crippen molar-refractivity contribution in [2.24, 2.45) is 5.73 Å². The van der Waals surface area contributed by atoms with Crippen LogP contribution in [0.1, 0.15) is 16.0 Å². The van der Waals surface area contributed by atoms with Gasteiger partial charge in [-0.3, -0.25) is 5.41 Å². The lowest BCUT2D eigenvalue weighted by Crippen LogP contribution is -2.08. The molecule has 0 unspecified atom stereocenters. The number of hydrogen-bond acceptors (Lipinski definition) is 4. The number of benzene rings is 2. The lowest BCUT2D eigenvalue weighted by Gasteiger charge is -1.99. The first-order valence-electron chi connectivity index (χ1n) is 7.15. The molecule has 0 atom stereocenters. The molecule has 4 nitrogen and oxygen atoms in total. The Balaban J connectivity index is 1.70. The van der Waals surface area contributed by atoms with Crippen LogP contribution in [0.15, 0.2) is 42.5 Å². The fourth-order valence-electron chi connectivity index (χ4n) is 2.56. The van der Waals surface area contributed by atoms with E-state index in [1.165, 1.54) is 11.3 Å². The fourth-order valence-corrected chi connectivity index (χ4v) is 3.52. The van der Waals surface area contributed by atoms with Gasteiger partial charge in [-0.15, -0.1) is 11.3 Å². The van der Waals surface area contributed by atoms with Gasteiger partial charge in [-0.1, -0.05) is 30.4 Å². The van der Waals surface area contributed by atoms with E-state index in [1.54, 1.807) is 0 Å². The van der Waals surface area contributed by atoms with E-state index in [0.29, 0.717) is 0 Å². The average Bonchev–Trinajstić information content (AvgIpc) is 3.18. The van der Waals surface area contributed by atoms with Gasteiger partial charge in [0.2, 0.25) is 6.79 Å². The summed E-state index contributed by atoms with van der Waals surface area (Å²) in [5.41, 5.74) is 7.74. The van der Waals surface area contributed by atoms with Crippen molar-refractivity contribution in [2.45, 2.75) is 0 Å². The summed E-state index contributed by atoms with van der Waals surface area (Å²) in [6.45, 7) is 0.282. The summed E-state index contributed by atoms with van der Waals surface area (Å²) in [5, 5.41) is 8.70. The maximum atomic E-state index is 7.59. The molecule has 1 aliphatic heterocycles. The minimum Gasteiger partial charge on any atom is -0.454 e. The van der Waals surface area contributed by atoms with Crippen LogP contribution >= 0.6 is 11.3 Å². The smallest absolute Gasteiger partial charge is 0.231 e. The van der Waals surface area contributed by atoms with Crippen molar-refractivity contribution in [3.05, 3.63) is 58.5 Å². The zero-order valence-electron chi connectivity index (χ0n) is 12.2. The van der Waals surface area contributed by atoms with Crippen LogP contribution in [0.25, 0.3) is 22.2 Å². The Bertz CT molecular complexity index is 943. The van der Waals surface area contributed by atoms with Gasteiger partial charge in [0.05, 0.1) is 4.88 Å². The molecule has 5 heteroatoms. The third-order valence-electron chi connectivity index (χ3n) is 3.71. The molecule has 114 valence electrons. The van der Waals surface area contributed by atoms with Crippen molar-refractivity contribution >= 4 is 39.4 Å². The molecule has 0 aliphatic carbocycles. The highest BCUT2D eigenvalue weighted by molar-refractivity contribution is 7.20. The average molecular weight is 322 g/mol. The Kier molecular flexibility index (Phi) is 3.28. The maximum absolute atomic E-state index is 7.59. The Morgan fingerprint density at radius 2 is 1.96 bits per heavy atom. The number of hydrogen-bond donors (Lipinski definition) is 2. The lowest BCUT2D eigenvalue weighted by molar-refractivity contribution is 0.174. The molecule has 0 fully saturated rings. The number of ether oxygens (including phenoxy) is 2. The molecule has 0 amide bonds. The van der Waals surface area contributed by atoms with Crippen molar-refractivity contribution in [3.8, 4) is 11.5 Å².